The number of nitrogens with one attached hydrogen (secondary N) is 1. The first kappa shape index (κ1) is 25.6. The molecule has 3 unspecified atom stereocenters. The molecule has 172 valence electrons. The largest absolute Gasteiger partial charge is 0.371 e. The number of ether oxygens (including phenoxy) is 1. The van der Waals surface area contributed by atoms with Crippen LogP contribution in [0.2, 0.25) is 0 Å². The summed E-state index contributed by atoms with van der Waals surface area (Å²) in [6.07, 6.45) is 2.11. The van der Waals surface area contributed by atoms with Gasteiger partial charge in [0.15, 0.2) is 11.8 Å². The summed E-state index contributed by atoms with van der Waals surface area (Å²) in [5.41, 5.74) is 1.45. The van der Waals surface area contributed by atoms with Crippen LogP contribution in [0.15, 0.2) is 39.8 Å². The maximum Gasteiger partial charge on any atom is 0.248 e. The minimum atomic E-state index is -0.174. The first-order chi connectivity index (χ1) is 14.7. The lowest BCUT2D eigenvalue weighted by molar-refractivity contribution is 0.0683. The standard InChI is InChI=1S/C23H35N5O2.HI/c1-5-18-16-28(14-13-20(18)19-11-9-8-10-12-19)23(24-6-2)25-15-21-26-22(27-30-21)17(4)29-7-3;/h8-12,17-18,20H,5-7,13-16H2,1-4H3,(H,24,25);1H. The van der Waals surface area contributed by atoms with Gasteiger partial charge in [-0.25, -0.2) is 4.99 Å². The molecule has 1 fully saturated rings. The van der Waals surface area contributed by atoms with E-state index >= 15 is 0 Å². The second-order valence-electron chi connectivity index (χ2n) is 7.73. The molecule has 2 aromatic rings. The summed E-state index contributed by atoms with van der Waals surface area (Å²) in [4.78, 5) is 11.6. The zero-order valence-corrected chi connectivity index (χ0v) is 21.4. The van der Waals surface area contributed by atoms with Crippen molar-refractivity contribution < 1.29 is 9.26 Å². The first-order valence-electron chi connectivity index (χ1n) is 11.2. The minimum Gasteiger partial charge on any atom is -0.371 e. The van der Waals surface area contributed by atoms with Crippen LogP contribution >= 0.6 is 24.0 Å². The zero-order valence-electron chi connectivity index (χ0n) is 19.1. The monoisotopic (exact) mass is 541 g/mol. The Morgan fingerprint density at radius 2 is 2.06 bits per heavy atom. The number of aromatic nitrogens is 2. The van der Waals surface area contributed by atoms with Gasteiger partial charge in [0.1, 0.15) is 12.6 Å². The van der Waals surface area contributed by atoms with Crippen LogP contribution in [0.4, 0.5) is 0 Å². The maximum absolute atomic E-state index is 5.53. The van der Waals surface area contributed by atoms with Gasteiger partial charge in [0.05, 0.1) is 0 Å². The van der Waals surface area contributed by atoms with E-state index in [1.807, 2.05) is 13.8 Å². The molecule has 8 heteroatoms. The Morgan fingerprint density at radius 1 is 1.29 bits per heavy atom. The third kappa shape index (κ3) is 6.90. The fourth-order valence-corrected chi connectivity index (χ4v) is 4.17. The average Bonchev–Trinajstić information content (AvgIpc) is 3.26. The molecular weight excluding hydrogens is 505 g/mol. The average molecular weight is 541 g/mol. The quantitative estimate of drug-likeness (QED) is 0.295. The van der Waals surface area contributed by atoms with Crippen molar-refractivity contribution in [1.82, 2.24) is 20.4 Å². The highest BCUT2D eigenvalue weighted by molar-refractivity contribution is 14.0. The van der Waals surface area contributed by atoms with E-state index in [1.54, 1.807) is 0 Å². The highest BCUT2D eigenvalue weighted by Crippen LogP contribution is 2.34. The SMILES string of the molecule is CCNC(=NCc1nc(C(C)OCC)no1)N1CCC(c2ccccc2)C(CC)C1.I. The van der Waals surface area contributed by atoms with Gasteiger partial charge in [-0.2, -0.15) is 4.98 Å². The van der Waals surface area contributed by atoms with E-state index in [2.05, 4.69) is 64.5 Å². The van der Waals surface area contributed by atoms with E-state index in [9.17, 15) is 0 Å². The molecule has 0 radical (unpaired) electrons. The molecule has 2 heterocycles. The van der Waals surface area contributed by atoms with E-state index in [4.69, 9.17) is 14.3 Å². The third-order valence-electron chi connectivity index (χ3n) is 5.75. The molecule has 1 aromatic carbocycles. The lowest BCUT2D eigenvalue weighted by Crippen LogP contribution is -2.48. The van der Waals surface area contributed by atoms with Gasteiger partial charge in [0.2, 0.25) is 5.89 Å². The molecule has 31 heavy (non-hydrogen) atoms. The Morgan fingerprint density at radius 3 is 2.74 bits per heavy atom. The van der Waals surface area contributed by atoms with Crippen LogP contribution in [0.25, 0.3) is 0 Å². The van der Waals surface area contributed by atoms with Crippen LogP contribution in [0.3, 0.4) is 0 Å². The molecule has 3 rings (SSSR count). The summed E-state index contributed by atoms with van der Waals surface area (Å²) in [5, 5.41) is 7.46. The fraction of sp³-hybridized carbons (Fsp3) is 0.609. The summed E-state index contributed by atoms with van der Waals surface area (Å²) >= 11 is 0. The van der Waals surface area contributed by atoms with E-state index in [0.29, 0.717) is 36.7 Å². The summed E-state index contributed by atoms with van der Waals surface area (Å²) in [6.45, 7) is 12.0. The van der Waals surface area contributed by atoms with Gasteiger partial charge in [-0.3, -0.25) is 0 Å². The van der Waals surface area contributed by atoms with Crippen molar-refractivity contribution in [3.63, 3.8) is 0 Å². The Bertz CT molecular complexity index is 798. The second-order valence-corrected chi connectivity index (χ2v) is 7.73. The number of piperidine rings is 1. The predicted molar refractivity (Wildman–Crippen MR) is 134 cm³/mol. The van der Waals surface area contributed by atoms with Crippen molar-refractivity contribution in [1.29, 1.82) is 0 Å². The van der Waals surface area contributed by atoms with Gasteiger partial charge in [-0.05, 0) is 44.6 Å². The summed E-state index contributed by atoms with van der Waals surface area (Å²) in [6, 6.07) is 10.9. The zero-order chi connectivity index (χ0) is 21.3. The van der Waals surface area contributed by atoms with Crippen molar-refractivity contribution >= 4 is 29.9 Å². The number of benzene rings is 1. The first-order valence-corrected chi connectivity index (χ1v) is 11.2. The number of halogens is 1. The van der Waals surface area contributed by atoms with Crippen LogP contribution < -0.4 is 5.32 Å². The number of aliphatic imine (C=N–C) groups is 1. The summed E-state index contributed by atoms with van der Waals surface area (Å²) < 4.78 is 10.9. The van der Waals surface area contributed by atoms with E-state index in [0.717, 1.165) is 38.4 Å². The molecule has 7 nitrogen and oxygen atoms in total. The molecule has 0 spiro atoms. The lowest BCUT2D eigenvalue weighted by atomic mass is 9.79. The lowest BCUT2D eigenvalue weighted by Gasteiger charge is -2.40. The molecule has 1 N–H and O–H groups in total. The Kier molecular flexibility index (Phi) is 10.7. The number of likely N-dealkylation sites (tertiary alicyclic amines) is 1. The smallest absolute Gasteiger partial charge is 0.248 e. The van der Waals surface area contributed by atoms with Gasteiger partial charge >= 0.3 is 0 Å². The van der Waals surface area contributed by atoms with Gasteiger partial charge in [0.25, 0.3) is 0 Å². The van der Waals surface area contributed by atoms with Crippen LogP contribution in [0, 0.1) is 5.92 Å². The highest BCUT2D eigenvalue weighted by Gasteiger charge is 2.30. The number of nitrogens with zero attached hydrogens (tertiary/aromatic N) is 4. The van der Waals surface area contributed by atoms with Crippen LogP contribution in [0.1, 0.15) is 69.8 Å². The number of hydrogen-bond donors (Lipinski definition) is 1. The molecule has 0 saturated carbocycles. The van der Waals surface area contributed by atoms with Gasteiger partial charge < -0.3 is 19.5 Å². The minimum absolute atomic E-state index is 0. The van der Waals surface area contributed by atoms with Crippen LogP contribution in [0.5, 0.6) is 0 Å². The summed E-state index contributed by atoms with van der Waals surface area (Å²) in [5.74, 6) is 3.21. The highest BCUT2D eigenvalue weighted by atomic mass is 127. The van der Waals surface area contributed by atoms with Crippen molar-refractivity contribution in [3.8, 4) is 0 Å². The Labute approximate surface area is 203 Å². The number of rotatable bonds is 8. The molecule has 1 saturated heterocycles. The van der Waals surface area contributed by atoms with E-state index in [-0.39, 0.29) is 30.1 Å². The molecule has 0 aliphatic carbocycles. The maximum atomic E-state index is 5.53. The van der Waals surface area contributed by atoms with Crippen molar-refractivity contribution in [2.75, 3.05) is 26.2 Å². The third-order valence-corrected chi connectivity index (χ3v) is 5.75. The molecule has 0 bridgehead atoms. The number of guanidine groups is 1. The van der Waals surface area contributed by atoms with Crippen molar-refractivity contribution in [2.45, 2.75) is 59.1 Å². The molecule has 3 atom stereocenters. The molecule has 1 aromatic heterocycles. The van der Waals surface area contributed by atoms with Gasteiger partial charge in [-0.15, -0.1) is 24.0 Å². The normalized spacial score (nSPS) is 20.3. The summed E-state index contributed by atoms with van der Waals surface area (Å²) in [7, 11) is 0. The number of hydrogen-bond acceptors (Lipinski definition) is 5. The van der Waals surface area contributed by atoms with Crippen molar-refractivity contribution in [2.24, 2.45) is 10.9 Å². The van der Waals surface area contributed by atoms with Gasteiger partial charge in [-0.1, -0.05) is 48.8 Å². The van der Waals surface area contributed by atoms with Gasteiger partial charge in [0, 0.05) is 26.2 Å². The molecule has 1 aliphatic rings. The van der Waals surface area contributed by atoms with Crippen LogP contribution in [-0.2, 0) is 11.3 Å². The molecule has 0 amide bonds. The fourth-order valence-electron chi connectivity index (χ4n) is 4.17. The molecular formula is C23H36IN5O2. The van der Waals surface area contributed by atoms with E-state index < -0.39 is 0 Å². The topological polar surface area (TPSA) is 75.8 Å². The van der Waals surface area contributed by atoms with Crippen molar-refractivity contribution in [3.05, 3.63) is 47.6 Å². The second kappa shape index (κ2) is 13.0. The molecule has 1 aliphatic heterocycles. The van der Waals surface area contributed by atoms with Crippen LogP contribution in [-0.4, -0.2) is 47.2 Å². The van der Waals surface area contributed by atoms with E-state index in [1.165, 1.54) is 5.56 Å². The predicted octanol–water partition coefficient (Wildman–Crippen LogP) is 4.77. The Balaban J connectivity index is 0.00000341. The Hall–Kier alpha value is -1.68.